The van der Waals surface area contributed by atoms with E-state index in [4.69, 9.17) is 5.11 Å². The van der Waals surface area contributed by atoms with Gasteiger partial charge in [0.2, 0.25) is 0 Å². The number of hydrogen-bond donors (Lipinski definition) is 4. The second kappa shape index (κ2) is 5.26. The smallest absolute Gasteiger partial charge is 0.269 e. The van der Waals surface area contributed by atoms with Crippen LogP contribution in [0.25, 0.3) is 0 Å². The predicted octanol–water partition coefficient (Wildman–Crippen LogP) is -1.82. The number of amides is 1. The quantitative estimate of drug-likeness (QED) is 0.496. The second-order valence-corrected chi connectivity index (χ2v) is 4.10. The number of aromatic amines is 1. The number of β-amino-alcohol motifs (C(OH)–C–C–N with tert-alkyl or cyclic N) is 2. The molecule has 0 aliphatic carbocycles. The van der Waals surface area contributed by atoms with Gasteiger partial charge < -0.3 is 15.5 Å². The van der Waals surface area contributed by atoms with Crippen LogP contribution in [0, 0.1) is 0 Å². The molecule has 2 heterocycles. The minimum Gasteiger partial charge on any atom is -0.395 e. The summed E-state index contributed by atoms with van der Waals surface area (Å²) in [5, 5.41) is 27.6. The zero-order valence-electron chi connectivity index (χ0n) is 9.33. The number of carbonyl (C=O) groups excluding carboxylic acids is 1. The lowest BCUT2D eigenvalue weighted by atomic mass is 10.2. The maximum atomic E-state index is 11.7. The Labute approximate surface area is 98.4 Å². The van der Waals surface area contributed by atoms with E-state index in [-0.39, 0.29) is 18.6 Å². The summed E-state index contributed by atoms with van der Waals surface area (Å²) in [4.78, 5) is 13.6. The van der Waals surface area contributed by atoms with E-state index in [1.165, 1.54) is 6.20 Å². The molecule has 0 unspecified atom stereocenters. The Bertz CT molecular complexity index is 368. The van der Waals surface area contributed by atoms with Gasteiger partial charge in [-0.25, -0.2) is 0 Å². The van der Waals surface area contributed by atoms with Crippen LogP contribution in [0.1, 0.15) is 10.5 Å². The number of carbonyl (C=O) groups is 1. The van der Waals surface area contributed by atoms with Gasteiger partial charge in [-0.3, -0.25) is 14.8 Å². The molecule has 17 heavy (non-hydrogen) atoms. The first kappa shape index (κ1) is 12.0. The van der Waals surface area contributed by atoms with E-state index < -0.39 is 6.10 Å². The lowest BCUT2D eigenvalue weighted by Crippen LogP contribution is -2.43. The molecule has 1 fully saturated rings. The monoisotopic (exact) mass is 240 g/mol. The molecule has 1 aliphatic rings. The van der Waals surface area contributed by atoms with Crippen molar-refractivity contribution < 1.29 is 15.0 Å². The van der Waals surface area contributed by atoms with Crippen LogP contribution in [0.4, 0.5) is 0 Å². The molecule has 1 aliphatic heterocycles. The van der Waals surface area contributed by atoms with Crippen LogP contribution in [-0.4, -0.2) is 69.6 Å². The van der Waals surface area contributed by atoms with Gasteiger partial charge in [-0.2, -0.15) is 5.10 Å². The van der Waals surface area contributed by atoms with Crippen LogP contribution in [0.5, 0.6) is 0 Å². The molecule has 7 heteroatoms. The van der Waals surface area contributed by atoms with Crippen molar-refractivity contribution in [1.29, 1.82) is 0 Å². The Balaban J connectivity index is 1.89. The summed E-state index contributed by atoms with van der Waals surface area (Å²) in [6.07, 6.45) is 0.895. The molecule has 2 rings (SSSR count). The van der Waals surface area contributed by atoms with Crippen LogP contribution < -0.4 is 5.32 Å². The first-order valence-corrected chi connectivity index (χ1v) is 5.52. The van der Waals surface area contributed by atoms with Gasteiger partial charge in [0.15, 0.2) is 0 Å². The van der Waals surface area contributed by atoms with Crippen molar-refractivity contribution in [2.45, 2.75) is 12.1 Å². The maximum Gasteiger partial charge on any atom is 0.269 e. The zero-order chi connectivity index (χ0) is 12.3. The number of rotatable bonds is 4. The van der Waals surface area contributed by atoms with E-state index in [1.54, 1.807) is 6.07 Å². The summed E-state index contributed by atoms with van der Waals surface area (Å²) < 4.78 is 0. The van der Waals surface area contributed by atoms with Crippen LogP contribution in [-0.2, 0) is 0 Å². The van der Waals surface area contributed by atoms with Crippen LogP contribution >= 0.6 is 0 Å². The molecule has 94 valence electrons. The third-order valence-corrected chi connectivity index (χ3v) is 2.84. The molecular weight excluding hydrogens is 224 g/mol. The minimum atomic E-state index is -0.603. The highest BCUT2D eigenvalue weighted by Crippen LogP contribution is 2.10. The summed E-state index contributed by atoms with van der Waals surface area (Å²) >= 11 is 0. The third-order valence-electron chi connectivity index (χ3n) is 2.84. The fourth-order valence-corrected chi connectivity index (χ4v) is 1.96. The first-order valence-electron chi connectivity index (χ1n) is 5.52. The molecule has 0 saturated carbocycles. The van der Waals surface area contributed by atoms with Gasteiger partial charge in [0, 0.05) is 25.8 Å². The number of nitrogens with zero attached hydrogens (tertiary/aromatic N) is 2. The Hall–Kier alpha value is -1.44. The Morgan fingerprint density at radius 1 is 1.65 bits per heavy atom. The molecule has 1 amide bonds. The summed E-state index contributed by atoms with van der Waals surface area (Å²) in [5.41, 5.74) is 0.373. The van der Waals surface area contributed by atoms with Gasteiger partial charge in [-0.15, -0.1) is 0 Å². The molecule has 0 aromatic carbocycles. The number of likely N-dealkylation sites (tertiary alicyclic amines) is 1. The summed E-state index contributed by atoms with van der Waals surface area (Å²) in [7, 11) is 0. The van der Waals surface area contributed by atoms with E-state index in [0.29, 0.717) is 25.3 Å². The van der Waals surface area contributed by atoms with Gasteiger partial charge in [0.25, 0.3) is 5.91 Å². The minimum absolute atomic E-state index is 0.0495. The van der Waals surface area contributed by atoms with E-state index in [1.807, 2.05) is 4.90 Å². The number of hydrogen-bond acceptors (Lipinski definition) is 5. The van der Waals surface area contributed by atoms with E-state index in [0.717, 1.165) is 0 Å². The Morgan fingerprint density at radius 2 is 2.47 bits per heavy atom. The van der Waals surface area contributed by atoms with Crippen molar-refractivity contribution in [3.8, 4) is 0 Å². The van der Waals surface area contributed by atoms with Gasteiger partial charge in [0.1, 0.15) is 5.69 Å². The molecule has 0 spiro atoms. The number of H-pyrrole nitrogens is 1. The average molecular weight is 240 g/mol. The topological polar surface area (TPSA) is 101 Å². The van der Waals surface area contributed by atoms with Crippen molar-refractivity contribution in [3.05, 3.63) is 18.0 Å². The van der Waals surface area contributed by atoms with Crippen molar-refractivity contribution in [2.24, 2.45) is 0 Å². The Kier molecular flexibility index (Phi) is 3.72. The molecule has 1 aromatic rings. The number of nitrogens with one attached hydrogen (secondary N) is 2. The molecule has 0 bridgehead atoms. The van der Waals surface area contributed by atoms with Gasteiger partial charge >= 0.3 is 0 Å². The average Bonchev–Trinajstić information content (AvgIpc) is 2.90. The van der Waals surface area contributed by atoms with Crippen LogP contribution in [0.2, 0.25) is 0 Å². The molecule has 4 N–H and O–H groups in total. The Morgan fingerprint density at radius 3 is 3.12 bits per heavy atom. The standard InChI is InChI=1S/C10H16N4O3/c15-4-3-14-5-8(9(16)6-14)12-10(17)7-1-2-11-13-7/h1-2,8-9,15-16H,3-6H2,(H,11,13)(H,12,17)/t8-,9-/m1/s1. The van der Waals surface area contributed by atoms with Gasteiger partial charge in [-0.05, 0) is 6.07 Å². The molecular formula is C10H16N4O3. The van der Waals surface area contributed by atoms with E-state index >= 15 is 0 Å². The number of aliphatic hydroxyl groups excluding tert-OH is 2. The maximum absolute atomic E-state index is 11.7. The highest BCUT2D eigenvalue weighted by atomic mass is 16.3. The number of aliphatic hydroxyl groups is 2. The van der Waals surface area contributed by atoms with Gasteiger partial charge in [-0.1, -0.05) is 0 Å². The molecule has 2 atom stereocenters. The summed E-state index contributed by atoms with van der Waals surface area (Å²) in [5.74, 6) is -0.280. The second-order valence-electron chi connectivity index (χ2n) is 4.10. The summed E-state index contributed by atoms with van der Waals surface area (Å²) in [6, 6.07) is 1.26. The largest absolute Gasteiger partial charge is 0.395 e. The fourth-order valence-electron chi connectivity index (χ4n) is 1.96. The molecule has 0 radical (unpaired) electrons. The van der Waals surface area contributed by atoms with Gasteiger partial charge in [0.05, 0.1) is 18.8 Å². The van der Waals surface area contributed by atoms with E-state index in [9.17, 15) is 9.90 Å². The predicted molar refractivity (Wildman–Crippen MR) is 59.4 cm³/mol. The van der Waals surface area contributed by atoms with Crippen LogP contribution in [0.15, 0.2) is 12.3 Å². The fraction of sp³-hybridized carbons (Fsp3) is 0.600. The van der Waals surface area contributed by atoms with Crippen molar-refractivity contribution in [1.82, 2.24) is 20.4 Å². The third kappa shape index (κ3) is 2.82. The molecule has 7 nitrogen and oxygen atoms in total. The molecule has 1 saturated heterocycles. The number of aromatic nitrogens is 2. The van der Waals surface area contributed by atoms with Crippen molar-refractivity contribution in [3.63, 3.8) is 0 Å². The van der Waals surface area contributed by atoms with Crippen molar-refractivity contribution >= 4 is 5.91 Å². The lowest BCUT2D eigenvalue weighted by molar-refractivity contribution is 0.0883. The first-order chi connectivity index (χ1) is 8.20. The normalized spacial score (nSPS) is 25.1. The van der Waals surface area contributed by atoms with Crippen molar-refractivity contribution in [2.75, 3.05) is 26.2 Å². The highest BCUT2D eigenvalue weighted by Gasteiger charge is 2.32. The zero-order valence-corrected chi connectivity index (χ0v) is 9.33. The summed E-state index contributed by atoms with van der Waals surface area (Å²) in [6.45, 7) is 1.57. The molecule has 1 aromatic heterocycles. The lowest BCUT2D eigenvalue weighted by Gasteiger charge is -2.15. The van der Waals surface area contributed by atoms with Crippen LogP contribution in [0.3, 0.4) is 0 Å². The van der Waals surface area contributed by atoms with E-state index in [2.05, 4.69) is 15.5 Å². The SMILES string of the molecule is O=C(N[C@@H]1CN(CCO)C[C@H]1O)c1ccn[nH]1. The highest BCUT2D eigenvalue weighted by molar-refractivity contribution is 5.92.